The van der Waals surface area contributed by atoms with Gasteiger partial charge >= 0.3 is 65.2 Å². The van der Waals surface area contributed by atoms with Gasteiger partial charge in [0.1, 0.15) is 0 Å². The number of aliphatic carboxylic acids is 1. The summed E-state index contributed by atoms with van der Waals surface area (Å²) < 4.78 is 2.44. The molecule has 0 bridgehead atoms. The van der Waals surface area contributed by atoms with Crippen LogP contribution in [0, 0.1) is 0 Å². The second kappa shape index (κ2) is 3.30. The summed E-state index contributed by atoms with van der Waals surface area (Å²) in [5.41, 5.74) is 1.18. The van der Waals surface area contributed by atoms with Crippen molar-refractivity contribution in [2.24, 2.45) is 0 Å². The normalized spacial score (nSPS) is 16.7. The molecule has 0 aromatic carbocycles. The molecule has 0 aliphatic carbocycles. The molecule has 0 amide bonds. The fraction of sp³-hybridized carbons (Fsp3) is 0.500. The molecule has 1 N–H and O–H groups in total. The number of carboxylic acids is 1. The molecule has 2 nitrogen and oxygen atoms in total. The van der Waals surface area contributed by atoms with Gasteiger partial charge in [0.15, 0.2) is 0 Å². The molecule has 1 radical (unpaired) electrons. The predicted molar refractivity (Wildman–Crippen MR) is 35.7 cm³/mol. The Morgan fingerprint density at radius 2 is 2.67 bits per heavy atom. The third kappa shape index (κ3) is 2.43. The van der Waals surface area contributed by atoms with Gasteiger partial charge in [-0.3, -0.25) is 0 Å². The Hall–Kier alpha value is 0.0801. The fourth-order valence-electron chi connectivity index (χ4n) is 0.941. The Labute approximate surface area is 65.3 Å². The summed E-state index contributed by atoms with van der Waals surface area (Å²) >= 11 is -0.288. The van der Waals surface area contributed by atoms with E-state index >= 15 is 0 Å². The van der Waals surface area contributed by atoms with Gasteiger partial charge in [-0.05, 0) is 0 Å². The van der Waals surface area contributed by atoms with Crippen molar-refractivity contribution in [3.05, 3.63) is 11.6 Å². The number of rotatable bonds is 2. The molecule has 0 spiro atoms. The molecule has 0 fully saturated rings. The summed E-state index contributed by atoms with van der Waals surface area (Å²) in [4.78, 5) is 10.1. The van der Waals surface area contributed by atoms with E-state index in [2.05, 4.69) is 6.08 Å². The van der Waals surface area contributed by atoms with Gasteiger partial charge < -0.3 is 0 Å². The maximum absolute atomic E-state index is 10.1. The number of hydrogen-bond donors (Lipinski definition) is 1. The van der Waals surface area contributed by atoms with Crippen LogP contribution in [0.1, 0.15) is 6.42 Å². The van der Waals surface area contributed by atoms with Crippen LogP contribution in [-0.4, -0.2) is 34.0 Å². The number of allylic oxidation sites excluding steroid dienone is 1. The summed E-state index contributed by atoms with van der Waals surface area (Å²) in [5.74, 6) is -0.675. The van der Waals surface area contributed by atoms with E-state index in [1.165, 1.54) is 13.9 Å². The molecule has 1 heterocycles. The zero-order valence-electron chi connectivity index (χ0n) is 5.13. The van der Waals surface area contributed by atoms with Crippen molar-refractivity contribution in [2.45, 2.75) is 14.8 Å². The molecule has 0 saturated heterocycles. The van der Waals surface area contributed by atoms with Gasteiger partial charge in [0.2, 0.25) is 0 Å². The second-order valence-electron chi connectivity index (χ2n) is 2.16. The van der Waals surface area contributed by atoms with E-state index < -0.39 is 5.97 Å². The first-order chi connectivity index (χ1) is 4.29. The molecule has 47 valence electrons. The van der Waals surface area contributed by atoms with E-state index in [1.54, 1.807) is 0 Å². The van der Waals surface area contributed by atoms with Gasteiger partial charge in [-0.25, -0.2) is 0 Å². The molecule has 9 heavy (non-hydrogen) atoms. The Bertz CT molecular complexity index is 151. The van der Waals surface area contributed by atoms with Gasteiger partial charge in [0.05, 0.1) is 0 Å². The van der Waals surface area contributed by atoms with Gasteiger partial charge in [-0.15, -0.1) is 0 Å². The van der Waals surface area contributed by atoms with E-state index in [1.807, 2.05) is 0 Å². The van der Waals surface area contributed by atoms with Crippen LogP contribution in [0.3, 0.4) is 0 Å². The van der Waals surface area contributed by atoms with Crippen molar-refractivity contribution >= 4 is 28.9 Å². The van der Waals surface area contributed by atoms with Crippen molar-refractivity contribution in [2.75, 3.05) is 0 Å². The average molecular weight is 227 g/mol. The van der Waals surface area contributed by atoms with E-state index in [9.17, 15) is 4.79 Å². The molecular formula is C6H8InO2. The zero-order chi connectivity index (χ0) is 6.69. The summed E-state index contributed by atoms with van der Waals surface area (Å²) in [6.07, 6.45) is 2.42. The number of carboxylic acid groups (broad SMARTS) is 1. The van der Waals surface area contributed by atoms with Crippen LogP contribution < -0.4 is 0 Å². The first-order valence-electron chi connectivity index (χ1n) is 3.00. The third-order valence-electron chi connectivity index (χ3n) is 1.36. The summed E-state index contributed by atoms with van der Waals surface area (Å²) in [7, 11) is 0. The van der Waals surface area contributed by atoms with Gasteiger partial charge in [0.25, 0.3) is 0 Å². The second-order valence-corrected chi connectivity index (χ2v) is 6.32. The van der Waals surface area contributed by atoms with E-state index in [0.717, 1.165) is 0 Å². The molecular weight excluding hydrogens is 219 g/mol. The Kier molecular flexibility index (Phi) is 2.64. The van der Waals surface area contributed by atoms with Crippen LogP contribution in [0.2, 0.25) is 8.35 Å². The van der Waals surface area contributed by atoms with Gasteiger partial charge in [0, 0.05) is 0 Å². The van der Waals surface area contributed by atoms with Crippen LogP contribution in [0.25, 0.3) is 0 Å². The minimum absolute atomic E-state index is 0.288. The van der Waals surface area contributed by atoms with Crippen molar-refractivity contribution < 1.29 is 9.90 Å². The Balaban J connectivity index is 2.35. The molecule has 1 aliphatic heterocycles. The summed E-state index contributed by atoms with van der Waals surface area (Å²) in [5, 5.41) is 8.35. The first kappa shape index (κ1) is 7.19. The van der Waals surface area contributed by atoms with E-state index in [0.29, 0.717) is 6.42 Å². The van der Waals surface area contributed by atoms with Gasteiger partial charge in [-0.1, -0.05) is 0 Å². The molecule has 0 atom stereocenters. The van der Waals surface area contributed by atoms with Crippen molar-refractivity contribution in [3.8, 4) is 0 Å². The molecule has 0 saturated carbocycles. The maximum atomic E-state index is 10.1. The zero-order valence-corrected chi connectivity index (χ0v) is 8.43. The monoisotopic (exact) mass is 227 g/mol. The Morgan fingerprint density at radius 3 is 3.11 bits per heavy atom. The van der Waals surface area contributed by atoms with E-state index in [-0.39, 0.29) is 22.9 Å². The van der Waals surface area contributed by atoms with Crippen LogP contribution in [0.5, 0.6) is 0 Å². The van der Waals surface area contributed by atoms with Gasteiger partial charge in [-0.2, -0.15) is 0 Å². The van der Waals surface area contributed by atoms with Crippen LogP contribution >= 0.6 is 0 Å². The molecule has 0 aromatic rings. The SMILES string of the molecule is O=C(O)CC1=C[CH2][In][CH2]1. The topological polar surface area (TPSA) is 37.3 Å². The minimum atomic E-state index is -0.675. The Morgan fingerprint density at radius 1 is 1.89 bits per heavy atom. The fourth-order valence-corrected chi connectivity index (χ4v) is 4.79. The predicted octanol–water partition coefficient (Wildman–Crippen LogP) is 0.942. The standard InChI is InChI=1S/C6H8O2.In/c1-3-5(2)4-6(7)8;/h3H,1-2,4H2,(H,7,8);. The summed E-state index contributed by atoms with van der Waals surface area (Å²) in [6.45, 7) is 0. The van der Waals surface area contributed by atoms with Crippen LogP contribution in [0.15, 0.2) is 11.6 Å². The first-order valence-corrected chi connectivity index (χ1v) is 7.66. The third-order valence-corrected chi connectivity index (χ3v) is 5.30. The molecule has 1 rings (SSSR count). The molecule has 0 unspecified atom stereocenters. The number of carbonyl (C=O) groups is 1. The van der Waals surface area contributed by atoms with Crippen molar-refractivity contribution in [3.63, 3.8) is 0 Å². The van der Waals surface area contributed by atoms with Crippen molar-refractivity contribution in [1.29, 1.82) is 0 Å². The summed E-state index contributed by atoms with van der Waals surface area (Å²) in [6, 6.07) is 0. The average Bonchev–Trinajstić information content (AvgIpc) is 2.15. The van der Waals surface area contributed by atoms with Crippen LogP contribution in [-0.2, 0) is 4.79 Å². The number of hydrogen-bond acceptors (Lipinski definition) is 1. The molecule has 1 aliphatic rings. The quantitative estimate of drug-likeness (QED) is 0.712. The molecule has 0 aromatic heterocycles. The van der Waals surface area contributed by atoms with E-state index in [4.69, 9.17) is 5.11 Å². The molecule has 3 heteroatoms. The van der Waals surface area contributed by atoms with Crippen LogP contribution in [0.4, 0.5) is 0 Å². The van der Waals surface area contributed by atoms with Crippen molar-refractivity contribution in [1.82, 2.24) is 0 Å².